The fourth-order valence-corrected chi connectivity index (χ4v) is 1.13. The summed E-state index contributed by atoms with van der Waals surface area (Å²) < 4.78 is 0. The molecule has 1 aromatic rings. The minimum Gasteiger partial charge on any atom is -0.331 e. The normalized spacial score (nSPS) is 8.93. The Morgan fingerprint density at radius 3 is 2.79 bits per heavy atom. The molecular formula is C9H11N3OS. The zero-order valence-electron chi connectivity index (χ0n) is 7.70. The highest BCUT2D eigenvalue weighted by atomic mass is 32.1. The highest BCUT2D eigenvalue weighted by Gasteiger charge is 1.98. The molecule has 74 valence electrons. The molecule has 0 radical (unpaired) electrons. The van der Waals surface area contributed by atoms with E-state index in [2.05, 4.69) is 16.2 Å². The molecule has 0 fully saturated rings. The van der Waals surface area contributed by atoms with Crippen LogP contribution in [0.1, 0.15) is 5.56 Å². The molecule has 0 aliphatic rings. The summed E-state index contributed by atoms with van der Waals surface area (Å²) in [5, 5.41) is 3.30. The molecule has 1 rings (SSSR count). The first-order valence-electron chi connectivity index (χ1n) is 4.06. The van der Waals surface area contributed by atoms with Gasteiger partial charge in [0.1, 0.15) is 0 Å². The van der Waals surface area contributed by atoms with Crippen molar-refractivity contribution < 1.29 is 4.79 Å². The summed E-state index contributed by atoms with van der Waals surface area (Å²) in [5.74, 6) is 0. The van der Waals surface area contributed by atoms with E-state index in [1.807, 2.05) is 31.2 Å². The van der Waals surface area contributed by atoms with Gasteiger partial charge in [0, 0.05) is 5.69 Å². The van der Waals surface area contributed by atoms with Gasteiger partial charge in [-0.15, -0.1) is 0 Å². The second-order valence-electron chi connectivity index (χ2n) is 2.66. The summed E-state index contributed by atoms with van der Waals surface area (Å²) >= 11 is 4.92. The van der Waals surface area contributed by atoms with E-state index in [9.17, 15) is 4.79 Å². The number of thiocarbonyl (C=S) groups is 1. The Morgan fingerprint density at radius 2 is 2.14 bits per heavy atom. The van der Waals surface area contributed by atoms with Crippen molar-refractivity contribution in [2.75, 3.05) is 5.32 Å². The summed E-state index contributed by atoms with van der Waals surface area (Å²) in [4.78, 5) is 9.97. The van der Waals surface area contributed by atoms with Gasteiger partial charge in [0.25, 0.3) is 0 Å². The molecular weight excluding hydrogens is 198 g/mol. The molecule has 0 aliphatic heterocycles. The third-order valence-electron chi connectivity index (χ3n) is 1.64. The van der Waals surface area contributed by atoms with Crippen LogP contribution in [-0.2, 0) is 4.79 Å². The van der Waals surface area contributed by atoms with Crippen molar-refractivity contribution in [3.63, 3.8) is 0 Å². The third kappa shape index (κ3) is 3.02. The van der Waals surface area contributed by atoms with Crippen LogP contribution in [0.15, 0.2) is 24.3 Å². The number of aryl methyl sites for hydroxylation is 1. The van der Waals surface area contributed by atoms with E-state index in [4.69, 9.17) is 12.2 Å². The highest BCUT2D eigenvalue weighted by molar-refractivity contribution is 7.80. The molecule has 3 N–H and O–H groups in total. The second kappa shape index (κ2) is 5.18. The first kappa shape index (κ1) is 10.5. The zero-order valence-corrected chi connectivity index (χ0v) is 8.52. The van der Waals surface area contributed by atoms with Gasteiger partial charge in [-0.3, -0.25) is 15.6 Å². The van der Waals surface area contributed by atoms with Crippen molar-refractivity contribution in [3.05, 3.63) is 29.8 Å². The standard InChI is InChI=1S/C9H11N3OS/c1-7-4-2-3-5-8(7)11-9(14)12-10-6-13/h2-6H,1H3,(H,10,13)(H2,11,12,14). The SMILES string of the molecule is Cc1ccccc1NC(=S)NNC=O. The Bertz CT molecular complexity index is 341. The topological polar surface area (TPSA) is 53.2 Å². The Balaban J connectivity index is 2.56. The molecule has 4 nitrogen and oxygen atoms in total. The average molecular weight is 209 g/mol. The molecule has 0 spiro atoms. The number of nitrogens with one attached hydrogen (secondary N) is 3. The number of anilines is 1. The maximum atomic E-state index is 9.97. The number of carbonyl (C=O) groups excluding carboxylic acids is 1. The van der Waals surface area contributed by atoms with E-state index in [0.717, 1.165) is 11.3 Å². The summed E-state index contributed by atoms with van der Waals surface area (Å²) in [6.07, 6.45) is 0.520. The Kier molecular flexibility index (Phi) is 3.87. The third-order valence-corrected chi connectivity index (χ3v) is 1.84. The Labute approximate surface area is 87.7 Å². The minimum atomic E-state index is 0.353. The van der Waals surface area contributed by atoms with E-state index in [0.29, 0.717) is 11.5 Å². The van der Waals surface area contributed by atoms with Gasteiger partial charge in [-0.1, -0.05) is 18.2 Å². The van der Waals surface area contributed by atoms with Crippen LogP contribution in [0.2, 0.25) is 0 Å². The lowest BCUT2D eigenvalue weighted by Gasteiger charge is -2.10. The first-order chi connectivity index (χ1) is 6.74. The fraction of sp³-hybridized carbons (Fsp3) is 0.111. The molecule has 0 saturated heterocycles. The Morgan fingerprint density at radius 1 is 1.43 bits per heavy atom. The van der Waals surface area contributed by atoms with Gasteiger partial charge in [-0.25, -0.2) is 0 Å². The molecule has 14 heavy (non-hydrogen) atoms. The molecule has 0 bridgehead atoms. The van der Waals surface area contributed by atoms with Crippen LogP contribution in [0, 0.1) is 6.92 Å². The number of hydrogen-bond acceptors (Lipinski definition) is 2. The van der Waals surface area contributed by atoms with Crippen LogP contribution in [0.4, 0.5) is 5.69 Å². The summed E-state index contributed by atoms with van der Waals surface area (Å²) in [7, 11) is 0. The number of hydrazine groups is 1. The predicted molar refractivity (Wildman–Crippen MR) is 59.7 cm³/mol. The molecule has 0 unspecified atom stereocenters. The van der Waals surface area contributed by atoms with E-state index >= 15 is 0 Å². The van der Waals surface area contributed by atoms with Crippen molar-refractivity contribution in [3.8, 4) is 0 Å². The molecule has 0 heterocycles. The van der Waals surface area contributed by atoms with E-state index in [-0.39, 0.29) is 0 Å². The van der Waals surface area contributed by atoms with Crippen molar-refractivity contribution in [2.45, 2.75) is 6.92 Å². The first-order valence-corrected chi connectivity index (χ1v) is 4.46. The lowest BCUT2D eigenvalue weighted by atomic mass is 10.2. The van der Waals surface area contributed by atoms with Crippen LogP contribution in [-0.4, -0.2) is 11.5 Å². The zero-order chi connectivity index (χ0) is 10.4. The average Bonchev–Trinajstić information content (AvgIpc) is 2.18. The quantitative estimate of drug-likeness (QED) is 0.394. The number of rotatable bonds is 3. The monoisotopic (exact) mass is 209 g/mol. The number of carbonyl (C=O) groups is 1. The molecule has 1 aromatic carbocycles. The molecule has 5 heteroatoms. The van der Waals surface area contributed by atoms with Crippen LogP contribution in [0.25, 0.3) is 0 Å². The van der Waals surface area contributed by atoms with Crippen molar-refractivity contribution in [1.82, 2.24) is 10.9 Å². The van der Waals surface area contributed by atoms with Gasteiger partial charge in [-0.05, 0) is 30.8 Å². The lowest BCUT2D eigenvalue weighted by Crippen LogP contribution is -2.39. The number of amides is 1. The highest BCUT2D eigenvalue weighted by Crippen LogP contribution is 2.12. The van der Waals surface area contributed by atoms with Gasteiger partial charge in [0.15, 0.2) is 5.11 Å². The smallest absolute Gasteiger partial charge is 0.225 e. The van der Waals surface area contributed by atoms with Gasteiger partial charge in [-0.2, -0.15) is 0 Å². The van der Waals surface area contributed by atoms with Gasteiger partial charge in [0.05, 0.1) is 0 Å². The van der Waals surface area contributed by atoms with Crippen LogP contribution >= 0.6 is 12.2 Å². The van der Waals surface area contributed by atoms with Crippen LogP contribution in [0.3, 0.4) is 0 Å². The molecule has 0 atom stereocenters. The Hall–Kier alpha value is -1.62. The summed E-state index contributed by atoms with van der Waals surface area (Å²) in [6, 6.07) is 7.73. The maximum Gasteiger partial charge on any atom is 0.225 e. The fourth-order valence-electron chi connectivity index (χ4n) is 0.962. The number of hydrogen-bond donors (Lipinski definition) is 3. The summed E-state index contributed by atoms with van der Waals surface area (Å²) in [6.45, 7) is 1.97. The number of benzene rings is 1. The van der Waals surface area contributed by atoms with Crippen molar-refractivity contribution in [2.24, 2.45) is 0 Å². The largest absolute Gasteiger partial charge is 0.331 e. The van der Waals surface area contributed by atoms with E-state index in [1.165, 1.54) is 0 Å². The van der Waals surface area contributed by atoms with E-state index in [1.54, 1.807) is 0 Å². The van der Waals surface area contributed by atoms with Crippen LogP contribution in [0.5, 0.6) is 0 Å². The van der Waals surface area contributed by atoms with Gasteiger partial charge >= 0.3 is 0 Å². The second-order valence-corrected chi connectivity index (χ2v) is 3.06. The minimum absolute atomic E-state index is 0.353. The maximum absolute atomic E-state index is 9.97. The molecule has 0 aromatic heterocycles. The predicted octanol–water partition coefficient (Wildman–Crippen LogP) is 0.942. The molecule has 0 aliphatic carbocycles. The summed E-state index contributed by atoms with van der Waals surface area (Å²) in [5.41, 5.74) is 6.76. The lowest BCUT2D eigenvalue weighted by molar-refractivity contribution is -0.110. The number of para-hydroxylation sites is 1. The van der Waals surface area contributed by atoms with E-state index < -0.39 is 0 Å². The van der Waals surface area contributed by atoms with Crippen molar-refractivity contribution >= 4 is 29.4 Å². The van der Waals surface area contributed by atoms with Crippen LogP contribution < -0.4 is 16.2 Å². The van der Waals surface area contributed by atoms with Gasteiger partial charge in [0.2, 0.25) is 6.41 Å². The molecule has 0 saturated carbocycles. The van der Waals surface area contributed by atoms with Crippen molar-refractivity contribution in [1.29, 1.82) is 0 Å². The molecule has 1 amide bonds. The van der Waals surface area contributed by atoms with Gasteiger partial charge < -0.3 is 5.32 Å².